The lowest BCUT2D eigenvalue weighted by atomic mass is 9.96. The molecule has 4 fully saturated rings. The van der Waals surface area contributed by atoms with Gasteiger partial charge in [0, 0.05) is 12.8 Å². The van der Waals surface area contributed by atoms with Crippen LogP contribution in [0.25, 0.3) is 0 Å². The molecule has 0 radical (unpaired) electrons. The molecular formula is C57H97NO28. The van der Waals surface area contributed by atoms with Crippen LogP contribution in [0.2, 0.25) is 0 Å². The Morgan fingerprint density at radius 3 is 1.48 bits per heavy atom. The van der Waals surface area contributed by atoms with Gasteiger partial charge in [0.25, 0.3) is 0 Å². The highest BCUT2D eigenvalue weighted by Crippen LogP contribution is 2.32. The van der Waals surface area contributed by atoms with Crippen molar-refractivity contribution < 1.29 is 139 Å². The molecule has 4 aliphatic rings. The molecular weight excluding hydrogens is 1150 g/mol. The van der Waals surface area contributed by atoms with Crippen molar-refractivity contribution in [2.75, 3.05) is 46.2 Å². The number of ether oxygens (including phenoxy) is 9. The molecule has 4 saturated heterocycles. The normalized spacial score (nSPS) is 34.5. The molecule has 0 aromatic carbocycles. The maximum Gasteiger partial charge on any atom is 0.347 e. The van der Waals surface area contributed by atoms with Gasteiger partial charge in [0.1, 0.15) is 122 Å². The number of aliphatic hydroxyl groups excluding tert-OH is 17. The molecule has 0 saturated carbocycles. The maximum absolute atomic E-state index is 12.4. The first-order valence-corrected chi connectivity index (χ1v) is 30.1. The summed E-state index contributed by atoms with van der Waals surface area (Å²) in [4.78, 5) is 17.4. The molecule has 0 bridgehead atoms. The van der Waals surface area contributed by atoms with Crippen LogP contribution < -0.4 is 0 Å². The van der Waals surface area contributed by atoms with E-state index in [1.165, 1.54) is 51.4 Å². The number of hydrogen-bond acceptors (Lipinski definition) is 29. The van der Waals surface area contributed by atoms with E-state index in [2.05, 4.69) is 35.8 Å². The predicted octanol–water partition coefficient (Wildman–Crippen LogP) is -4.30. The molecule has 4 aliphatic heterocycles. The zero-order chi connectivity index (χ0) is 63.1. The van der Waals surface area contributed by atoms with Crippen molar-refractivity contribution in [1.29, 1.82) is 0 Å². The molecule has 24 atom stereocenters. The minimum Gasteiger partial charge on any atom is -0.463 e. The highest BCUT2D eigenvalue weighted by molar-refractivity contribution is 5.71. The number of carbonyl (C=O) groups excluding carboxylic acids is 1. The van der Waals surface area contributed by atoms with E-state index in [0.717, 1.165) is 64.2 Å². The Morgan fingerprint density at radius 1 is 0.512 bits per heavy atom. The summed E-state index contributed by atoms with van der Waals surface area (Å²) in [5.74, 6) is 11.4. The number of nitrogens with zero attached hydrogens (tertiary/aromatic N) is 1. The van der Waals surface area contributed by atoms with Crippen LogP contribution in [0.5, 0.6) is 0 Å². The van der Waals surface area contributed by atoms with Gasteiger partial charge in [-0.25, -0.2) is 4.79 Å². The first-order chi connectivity index (χ1) is 41.3. The molecule has 29 nitrogen and oxygen atoms in total. The molecule has 0 spiro atoms. The molecule has 29 heteroatoms. The average Bonchev–Trinajstić information content (AvgIpc) is 3.55. The van der Waals surface area contributed by atoms with E-state index in [9.17, 15) is 91.6 Å². The van der Waals surface area contributed by atoms with E-state index in [-0.39, 0.29) is 6.61 Å². The van der Waals surface area contributed by atoms with Crippen molar-refractivity contribution >= 4 is 12.2 Å². The van der Waals surface area contributed by atoms with Gasteiger partial charge in [0.15, 0.2) is 25.2 Å². The largest absolute Gasteiger partial charge is 0.463 e. The fraction of sp³-hybridized carbons (Fsp3) is 0.895. The molecule has 0 aliphatic carbocycles. The predicted molar refractivity (Wildman–Crippen MR) is 296 cm³/mol. The van der Waals surface area contributed by atoms with Crippen LogP contribution in [-0.4, -0.2) is 292 Å². The Hall–Kier alpha value is -2.94. The maximum atomic E-state index is 12.4. The molecule has 0 aromatic heterocycles. The third-order valence-electron chi connectivity index (χ3n) is 15.3. The van der Waals surface area contributed by atoms with E-state index in [4.69, 9.17) is 47.5 Å². The van der Waals surface area contributed by atoms with Crippen molar-refractivity contribution in [2.24, 2.45) is 5.16 Å². The van der Waals surface area contributed by atoms with Gasteiger partial charge in [0.2, 0.25) is 6.61 Å². The quantitative estimate of drug-likeness (QED) is 0.00910. The van der Waals surface area contributed by atoms with Gasteiger partial charge in [-0.1, -0.05) is 114 Å². The van der Waals surface area contributed by atoms with Crippen molar-refractivity contribution in [3.05, 3.63) is 0 Å². The second-order valence-corrected chi connectivity index (χ2v) is 22.0. The Morgan fingerprint density at radius 2 is 0.953 bits per heavy atom. The first-order valence-electron chi connectivity index (χ1n) is 30.1. The summed E-state index contributed by atoms with van der Waals surface area (Å²) < 4.78 is 49.4. The van der Waals surface area contributed by atoms with Crippen molar-refractivity contribution in [1.82, 2.24) is 0 Å². The van der Waals surface area contributed by atoms with E-state index >= 15 is 0 Å². The van der Waals surface area contributed by atoms with Gasteiger partial charge >= 0.3 is 5.97 Å². The number of aliphatic hydroxyl groups is 17. The molecule has 4 rings (SSSR count). The number of carbonyl (C=O) groups is 1. The lowest BCUT2D eigenvalue weighted by molar-refractivity contribution is -0.367. The number of unbranched alkanes of at least 4 members (excludes halogenated alkanes) is 17. The fourth-order valence-corrected chi connectivity index (χ4v) is 9.90. The summed E-state index contributed by atoms with van der Waals surface area (Å²) >= 11 is 0. The van der Waals surface area contributed by atoms with Crippen LogP contribution in [-0.2, 0) is 52.3 Å². The standard InChI is InChI=1S/C57H97NO28/c1-2-3-4-5-6-7-8-9-10-11-12-13-14-15-16-17-18-19-20-21-22-23-24-25-77-39(64)32-80-58-26-33(62)52(85-56-49(74)46(71)42(67)36(28-60)82-56)40(65)34(63)30-78-55-51(76)53(86-57-50(75)47(72)43(68)37(29-61)83-57)44(69)38(84-55)31-79-54-48(73)45(70)41(66)35(27-59)81-54/h26,33-38,40-57,59-63,65-76H,2-11,16-25,27-32H2,1H3/b58-26-/t33-,34-,35-,36-,37-,38-,40-,41-,42-,43-,44-,45+,46+,47+,48+,49+,50+,51+,52-,53+,54+,55+,56-,57-/m1/s1. The van der Waals surface area contributed by atoms with E-state index in [1.54, 1.807) is 0 Å². The van der Waals surface area contributed by atoms with Gasteiger partial charge in [-0.2, -0.15) is 0 Å². The Balaban J connectivity index is 1.28. The number of hydrogen-bond donors (Lipinski definition) is 17. The van der Waals surface area contributed by atoms with Crippen LogP contribution in [0.1, 0.15) is 129 Å². The zero-order valence-electron chi connectivity index (χ0n) is 48.9. The van der Waals surface area contributed by atoms with Crippen molar-refractivity contribution in [3.63, 3.8) is 0 Å². The molecule has 17 N–H and O–H groups in total. The van der Waals surface area contributed by atoms with Crippen LogP contribution in [0.4, 0.5) is 0 Å². The zero-order valence-corrected chi connectivity index (χ0v) is 48.9. The van der Waals surface area contributed by atoms with Crippen LogP contribution in [0, 0.1) is 23.7 Å². The van der Waals surface area contributed by atoms with Crippen LogP contribution in [0.15, 0.2) is 5.16 Å². The summed E-state index contributed by atoms with van der Waals surface area (Å²) in [6, 6.07) is 0. The number of rotatable bonds is 39. The second kappa shape index (κ2) is 41.4. The average molecular weight is 1240 g/mol. The fourth-order valence-electron chi connectivity index (χ4n) is 9.90. The van der Waals surface area contributed by atoms with Gasteiger partial charge in [-0.05, 0) is 31.1 Å². The highest BCUT2D eigenvalue weighted by Gasteiger charge is 2.53. The lowest BCUT2D eigenvalue weighted by Crippen LogP contribution is -2.65. The first kappa shape index (κ1) is 75.5. The second-order valence-electron chi connectivity index (χ2n) is 22.0. The minimum atomic E-state index is -2.35. The SMILES string of the molecule is CCCCCCCCCCCC#CC#CCCCCCCCCCCOC(=O)CO/N=C\[C@@H](O)[C@@H](O[C@H]1O[C@H](CO)[C@@H](O)[C@H](O)[C@@H]1O)[C@H](O)[C@H](O)CO[C@H]1O[C@H](CO[C@H]2O[C@H](CO)[C@@H](O)[C@H](O)[C@@H]2O)[C@@H](O)[C@H](O[C@H]2O[C@H](CO)[C@@H](O)[C@H](O)[C@@H]2O)[C@@H]1O. The monoisotopic (exact) mass is 1240 g/mol. The Kier molecular flexibility index (Phi) is 36.4. The number of oxime groups is 1. The number of esters is 1. The summed E-state index contributed by atoms with van der Waals surface area (Å²) in [6.45, 7) is -2.99. The molecule has 0 amide bonds. The topological polar surface area (TPSA) is 466 Å². The van der Waals surface area contributed by atoms with Crippen LogP contribution >= 0.6 is 0 Å². The van der Waals surface area contributed by atoms with Crippen molar-refractivity contribution in [2.45, 2.75) is 276 Å². The van der Waals surface area contributed by atoms with Gasteiger partial charge in [-0.3, -0.25) is 0 Å². The molecule has 86 heavy (non-hydrogen) atoms. The molecule has 4 heterocycles. The summed E-state index contributed by atoms with van der Waals surface area (Å²) in [5.41, 5.74) is 0. The summed E-state index contributed by atoms with van der Waals surface area (Å²) in [7, 11) is 0. The minimum absolute atomic E-state index is 0.0997. The van der Waals surface area contributed by atoms with Gasteiger partial charge in [-0.15, -0.1) is 0 Å². The Bertz CT molecular complexity index is 1990. The third kappa shape index (κ3) is 24.4. The van der Waals surface area contributed by atoms with Gasteiger partial charge in [0.05, 0.1) is 45.9 Å². The lowest BCUT2D eigenvalue weighted by Gasteiger charge is -2.46. The Labute approximate surface area is 501 Å². The van der Waals surface area contributed by atoms with E-state index < -0.39 is 193 Å². The third-order valence-corrected chi connectivity index (χ3v) is 15.3. The smallest absolute Gasteiger partial charge is 0.347 e. The van der Waals surface area contributed by atoms with E-state index in [1.807, 2.05) is 0 Å². The molecule has 0 aromatic rings. The van der Waals surface area contributed by atoms with Crippen LogP contribution in [0.3, 0.4) is 0 Å². The summed E-state index contributed by atoms with van der Waals surface area (Å²) in [5, 5.41) is 183. The summed E-state index contributed by atoms with van der Waals surface area (Å²) in [6.07, 6.45) is -25.0. The molecule has 0 unspecified atom stereocenters. The molecule has 498 valence electrons. The van der Waals surface area contributed by atoms with Gasteiger partial charge < -0.3 is 134 Å². The van der Waals surface area contributed by atoms with Crippen molar-refractivity contribution in [3.8, 4) is 23.7 Å². The highest BCUT2D eigenvalue weighted by atomic mass is 16.8. The van der Waals surface area contributed by atoms with E-state index in [0.29, 0.717) is 12.6 Å².